The van der Waals surface area contributed by atoms with Crippen LogP contribution in [0.2, 0.25) is 0 Å². The third-order valence-electron chi connectivity index (χ3n) is 5.86. The fourth-order valence-corrected chi connectivity index (χ4v) is 4.07. The molecule has 4 nitrogen and oxygen atoms in total. The van der Waals surface area contributed by atoms with Gasteiger partial charge in [-0.2, -0.15) is 0 Å². The molecule has 0 N–H and O–H groups in total. The molecule has 114 valence electrons. The van der Waals surface area contributed by atoms with Crippen molar-refractivity contribution in [3.8, 4) is 0 Å². The van der Waals surface area contributed by atoms with Gasteiger partial charge in [0, 0.05) is 38.0 Å². The van der Waals surface area contributed by atoms with Crippen molar-refractivity contribution < 1.29 is 9.59 Å². The molecule has 2 amide bonds. The highest BCUT2D eigenvalue weighted by molar-refractivity contribution is 5.84. The van der Waals surface area contributed by atoms with Crippen molar-refractivity contribution in [2.24, 2.45) is 17.3 Å². The van der Waals surface area contributed by atoms with Crippen LogP contribution in [0.3, 0.4) is 0 Å². The van der Waals surface area contributed by atoms with Crippen LogP contribution < -0.4 is 0 Å². The Morgan fingerprint density at radius 1 is 0.905 bits per heavy atom. The van der Waals surface area contributed by atoms with E-state index < -0.39 is 0 Å². The Morgan fingerprint density at radius 2 is 1.52 bits per heavy atom. The first kappa shape index (κ1) is 13.4. The second kappa shape index (κ2) is 4.85. The Morgan fingerprint density at radius 3 is 2.10 bits per heavy atom. The lowest BCUT2D eigenvalue weighted by molar-refractivity contribution is -0.136. The van der Waals surface area contributed by atoms with Gasteiger partial charge < -0.3 is 9.80 Å². The lowest BCUT2D eigenvalue weighted by atomic mass is 10.1. The number of amides is 2. The number of carbonyl (C=O) groups excluding carboxylic acids is 2. The molecule has 4 heteroatoms. The van der Waals surface area contributed by atoms with Crippen molar-refractivity contribution >= 4 is 11.8 Å². The molecule has 1 unspecified atom stereocenters. The third kappa shape index (κ3) is 2.39. The summed E-state index contributed by atoms with van der Waals surface area (Å²) in [4.78, 5) is 29.0. The van der Waals surface area contributed by atoms with Gasteiger partial charge in [-0.3, -0.25) is 9.59 Å². The van der Waals surface area contributed by atoms with Crippen LogP contribution in [-0.2, 0) is 9.59 Å². The molecule has 2 saturated carbocycles. The smallest absolute Gasteiger partial charge is 0.226 e. The quantitative estimate of drug-likeness (QED) is 0.727. The van der Waals surface area contributed by atoms with Crippen LogP contribution in [0, 0.1) is 17.3 Å². The maximum Gasteiger partial charge on any atom is 0.226 e. The molecule has 21 heavy (non-hydrogen) atoms. The number of rotatable bonds is 2. The minimum absolute atomic E-state index is 0.158. The molecule has 1 aliphatic heterocycles. The molecule has 1 atom stereocenters. The summed E-state index contributed by atoms with van der Waals surface area (Å²) in [5.41, 5.74) is 0.439. The Balaban J connectivity index is 1.33. The molecule has 0 aromatic heterocycles. The van der Waals surface area contributed by atoms with E-state index in [1.807, 2.05) is 9.80 Å². The van der Waals surface area contributed by atoms with E-state index in [0.29, 0.717) is 23.1 Å². The van der Waals surface area contributed by atoms with Crippen LogP contribution in [0.25, 0.3) is 0 Å². The highest BCUT2D eigenvalue weighted by atomic mass is 16.2. The van der Waals surface area contributed by atoms with Gasteiger partial charge in [0.05, 0.1) is 0 Å². The molecule has 3 fully saturated rings. The highest BCUT2D eigenvalue weighted by Crippen LogP contribution is 2.70. The average Bonchev–Trinajstić information content (AvgIpc) is 3.38. The van der Waals surface area contributed by atoms with E-state index in [9.17, 15) is 9.59 Å². The fraction of sp³-hybridized carbons (Fsp3) is 0.765. The van der Waals surface area contributed by atoms with Crippen molar-refractivity contribution in [1.29, 1.82) is 0 Å². The third-order valence-corrected chi connectivity index (χ3v) is 5.86. The van der Waals surface area contributed by atoms with E-state index in [0.717, 1.165) is 51.9 Å². The first-order valence-corrected chi connectivity index (χ1v) is 8.42. The zero-order valence-corrected chi connectivity index (χ0v) is 12.6. The van der Waals surface area contributed by atoms with E-state index in [-0.39, 0.29) is 5.92 Å². The fourth-order valence-electron chi connectivity index (χ4n) is 4.07. The Labute approximate surface area is 126 Å². The molecule has 1 heterocycles. The largest absolute Gasteiger partial charge is 0.341 e. The van der Waals surface area contributed by atoms with Crippen LogP contribution in [0.1, 0.15) is 38.5 Å². The van der Waals surface area contributed by atoms with Crippen molar-refractivity contribution in [2.75, 3.05) is 26.2 Å². The Hall–Kier alpha value is -1.32. The van der Waals surface area contributed by atoms with Gasteiger partial charge in [0.25, 0.3) is 0 Å². The number of hydrogen-bond acceptors (Lipinski definition) is 2. The first-order chi connectivity index (χ1) is 10.2. The minimum atomic E-state index is 0.158. The summed E-state index contributed by atoms with van der Waals surface area (Å²) in [5.74, 6) is 1.13. The van der Waals surface area contributed by atoms with Gasteiger partial charge in [-0.15, -0.1) is 0 Å². The molecule has 1 saturated heterocycles. The molecule has 4 aliphatic rings. The van der Waals surface area contributed by atoms with Crippen molar-refractivity contribution in [3.05, 3.63) is 12.2 Å². The van der Waals surface area contributed by atoms with Gasteiger partial charge in [0.15, 0.2) is 0 Å². The molecular weight excluding hydrogens is 264 g/mol. The highest BCUT2D eigenvalue weighted by Gasteiger charge is 2.66. The van der Waals surface area contributed by atoms with Crippen molar-refractivity contribution in [3.63, 3.8) is 0 Å². The molecule has 0 aromatic carbocycles. The van der Waals surface area contributed by atoms with E-state index in [4.69, 9.17) is 0 Å². The Kier molecular flexibility index (Phi) is 3.09. The van der Waals surface area contributed by atoms with E-state index >= 15 is 0 Å². The minimum Gasteiger partial charge on any atom is -0.341 e. The van der Waals surface area contributed by atoms with Crippen LogP contribution in [0.15, 0.2) is 12.2 Å². The van der Waals surface area contributed by atoms with Crippen molar-refractivity contribution in [2.45, 2.75) is 38.5 Å². The molecule has 0 bridgehead atoms. The summed E-state index contributed by atoms with van der Waals surface area (Å²) in [6.07, 6.45) is 10.6. The summed E-state index contributed by atoms with van der Waals surface area (Å²) < 4.78 is 0. The van der Waals surface area contributed by atoms with Crippen LogP contribution in [0.5, 0.6) is 0 Å². The van der Waals surface area contributed by atoms with Crippen LogP contribution in [-0.4, -0.2) is 47.8 Å². The second-order valence-electron chi connectivity index (χ2n) is 7.26. The summed E-state index contributed by atoms with van der Waals surface area (Å²) in [7, 11) is 0. The van der Waals surface area contributed by atoms with Gasteiger partial charge in [-0.05, 0) is 43.9 Å². The summed E-state index contributed by atoms with van der Waals surface area (Å²) in [6.45, 7) is 3.10. The number of nitrogens with zero attached hydrogens (tertiary/aromatic N) is 2. The van der Waals surface area contributed by atoms with Crippen LogP contribution in [0.4, 0.5) is 0 Å². The zero-order chi connectivity index (χ0) is 14.4. The molecule has 1 spiro atoms. The van der Waals surface area contributed by atoms with E-state index in [1.54, 1.807) is 0 Å². The van der Waals surface area contributed by atoms with Crippen molar-refractivity contribution in [1.82, 2.24) is 9.80 Å². The number of allylic oxidation sites excluding steroid dienone is 2. The van der Waals surface area contributed by atoms with E-state index in [2.05, 4.69) is 12.2 Å². The summed E-state index contributed by atoms with van der Waals surface area (Å²) >= 11 is 0. The molecule has 0 aromatic rings. The normalized spacial score (nSPS) is 30.6. The average molecular weight is 288 g/mol. The van der Waals surface area contributed by atoms with E-state index in [1.165, 1.54) is 12.8 Å². The van der Waals surface area contributed by atoms with Gasteiger partial charge >= 0.3 is 0 Å². The maximum atomic E-state index is 12.5. The van der Waals surface area contributed by atoms with Gasteiger partial charge in [-0.1, -0.05) is 12.2 Å². The summed E-state index contributed by atoms with van der Waals surface area (Å²) in [6, 6.07) is 0. The number of hydrogen-bond donors (Lipinski definition) is 0. The van der Waals surface area contributed by atoms with Gasteiger partial charge in [0.1, 0.15) is 0 Å². The molecule has 3 aliphatic carbocycles. The first-order valence-electron chi connectivity index (χ1n) is 8.42. The summed E-state index contributed by atoms with van der Waals surface area (Å²) in [5, 5.41) is 0. The Bertz CT molecular complexity index is 465. The molecule has 0 radical (unpaired) electrons. The topological polar surface area (TPSA) is 40.6 Å². The second-order valence-corrected chi connectivity index (χ2v) is 7.26. The lowest BCUT2D eigenvalue weighted by Crippen LogP contribution is -2.40. The predicted octanol–water partition coefficient (Wildman–Crippen LogP) is 1.81. The molecule has 4 rings (SSSR count). The van der Waals surface area contributed by atoms with Gasteiger partial charge in [0.2, 0.25) is 11.8 Å². The maximum absolute atomic E-state index is 12.5. The standard InChI is InChI=1S/C17H24N2O2/c20-15(13-4-1-2-5-13)18-8-3-9-19(11-10-18)16(21)14-12-17(14)6-7-17/h1-2,13-14H,3-12H2. The lowest BCUT2D eigenvalue weighted by Gasteiger charge is -2.24. The zero-order valence-electron chi connectivity index (χ0n) is 12.6. The predicted molar refractivity (Wildman–Crippen MR) is 79.4 cm³/mol. The molecular formula is C17H24N2O2. The van der Waals surface area contributed by atoms with Gasteiger partial charge in [-0.25, -0.2) is 0 Å². The SMILES string of the molecule is O=C(C1CC=CC1)N1CCCN(C(=O)C2CC23CC3)CC1. The van der Waals surface area contributed by atoms with Crippen LogP contribution >= 0.6 is 0 Å². The number of carbonyl (C=O) groups is 2. The monoisotopic (exact) mass is 288 g/mol.